The first-order valence-electron chi connectivity index (χ1n) is 6.60. The van der Waals surface area contributed by atoms with Crippen molar-refractivity contribution in [2.75, 3.05) is 6.61 Å². The summed E-state index contributed by atoms with van der Waals surface area (Å²) in [4.78, 5) is -0.283. The molecule has 7 heteroatoms. The largest absolute Gasteiger partial charge is 0.416 e. The lowest BCUT2D eigenvalue weighted by molar-refractivity contribution is -0.137. The number of sulfone groups is 1. The van der Waals surface area contributed by atoms with E-state index in [1.165, 1.54) is 6.07 Å². The number of hydrogen-bond acceptors (Lipinski definition) is 3. The first-order chi connectivity index (χ1) is 9.56. The summed E-state index contributed by atoms with van der Waals surface area (Å²) in [6, 6.07) is 3.92. The van der Waals surface area contributed by atoms with Crippen molar-refractivity contribution in [1.82, 2.24) is 0 Å². The minimum atomic E-state index is -4.56. The lowest BCUT2D eigenvalue weighted by Crippen LogP contribution is -2.43. The molecule has 21 heavy (non-hydrogen) atoms. The van der Waals surface area contributed by atoms with E-state index in [-0.39, 0.29) is 30.4 Å². The average molecular weight is 322 g/mol. The molecule has 2 unspecified atom stereocenters. The Bertz CT molecular complexity index is 625. The number of halogens is 3. The normalized spacial score (nSPS) is 27.6. The van der Waals surface area contributed by atoms with E-state index < -0.39 is 26.3 Å². The van der Waals surface area contributed by atoms with Crippen LogP contribution in [0.15, 0.2) is 29.2 Å². The summed E-state index contributed by atoms with van der Waals surface area (Å²) >= 11 is 0. The molecule has 1 aliphatic heterocycles. The van der Waals surface area contributed by atoms with E-state index in [1.807, 2.05) is 0 Å². The fourth-order valence-electron chi connectivity index (χ4n) is 2.61. The zero-order valence-electron chi connectivity index (χ0n) is 11.8. The van der Waals surface area contributed by atoms with Crippen LogP contribution in [0.3, 0.4) is 0 Å². The second-order valence-corrected chi connectivity index (χ2v) is 8.08. The lowest BCUT2D eigenvalue weighted by Gasteiger charge is -2.36. The minimum absolute atomic E-state index is 0.232. The predicted octanol–water partition coefficient (Wildman–Crippen LogP) is 3.44. The SMILES string of the molecule is CC1CC(C)(S(=O)(=O)c2cccc(C(F)(F)F)c2)CCO1. The third-order valence-corrected chi connectivity index (χ3v) is 6.42. The van der Waals surface area contributed by atoms with Gasteiger partial charge in [0.1, 0.15) is 0 Å². The average Bonchev–Trinajstić information content (AvgIpc) is 2.37. The van der Waals surface area contributed by atoms with Crippen molar-refractivity contribution in [2.24, 2.45) is 0 Å². The molecule has 0 spiro atoms. The van der Waals surface area contributed by atoms with E-state index >= 15 is 0 Å². The van der Waals surface area contributed by atoms with Crippen molar-refractivity contribution in [3.8, 4) is 0 Å². The summed E-state index contributed by atoms with van der Waals surface area (Å²) in [5.74, 6) is 0. The Kier molecular flexibility index (Phi) is 4.10. The van der Waals surface area contributed by atoms with Gasteiger partial charge in [-0.3, -0.25) is 0 Å². The van der Waals surface area contributed by atoms with E-state index in [2.05, 4.69) is 0 Å². The van der Waals surface area contributed by atoms with Crippen molar-refractivity contribution in [3.05, 3.63) is 29.8 Å². The first kappa shape index (κ1) is 16.3. The Morgan fingerprint density at radius 2 is 2.00 bits per heavy atom. The van der Waals surface area contributed by atoms with Gasteiger partial charge in [0.2, 0.25) is 0 Å². The minimum Gasteiger partial charge on any atom is -0.378 e. The molecule has 1 aliphatic rings. The molecular formula is C14H17F3O3S. The van der Waals surface area contributed by atoms with E-state index in [4.69, 9.17) is 4.74 Å². The van der Waals surface area contributed by atoms with E-state index in [9.17, 15) is 21.6 Å². The van der Waals surface area contributed by atoms with Crippen molar-refractivity contribution in [3.63, 3.8) is 0 Å². The summed E-state index contributed by atoms with van der Waals surface area (Å²) in [7, 11) is -3.86. The van der Waals surface area contributed by atoms with Gasteiger partial charge < -0.3 is 4.74 Å². The van der Waals surface area contributed by atoms with Crippen molar-refractivity contribution < 1.29 is 26.3 Å². The molecule has 3 nitrogen and oxygen atoms in total. The third kappa shape index (κ3) is 3.08. The number of hydrogen-bond donors (Lipinski definition) is 0. The number of rotatable bonds is 2. The number of benzene rings is 1. The molecule has 0 saturated carbocycles. The highest BCUT2D eigenvalue weighted by atomic mass is 32.2. The van der Waals surface area contributed by atoms with Gasteiger partial charge in [-0.15, -0.1) is 0 Å². The Hall–Kier alpha value is -1.08. The molecule has 1 heterocycles. The topological polar surface area (TPSA) is 43.4 Å². The summed E-state index contributed by atoms with van der Waals surface area (Å²) in [6.07, 6.45) is -4.25. The van der Waals surface area contributed by atoms with Gasteiger partial charge >= 0.3 is 6.18 Å². The number of ether oxygens (including phenoxy) is 1. The Balaban J connectivity index is 2.45. The first-order valence-corrected chi connectivity index (χ1v) is 8.08. The van der Waals surface area contributed by atoms with Crippen LogP contribution >= 0.6 is 0 Å². The number of alkyl halides is 3. The third-order valence-electron chi connectivity index (χ3n) is 3.87. The molecule has 0 bridgehead atoms. The van der Waals surface area contributed by atoms with Gasteiger partial charge in [-0.2, -0.15) is 13.2 Å². The van der Waals surface area contributed by atoms with Gasteiger partial charge in [0.25, 0.3) is 0 Å². The van der Waals surface area contributed by atoms with Crippen LogP contribution in [0.2, 0.25) is 0 Å². The standard InChI is InChI=1S/C14H17F3O3S/c1-10-9-13(2,6-7-20-10)21(18,19)12-5-3-4-11(8-12)14(15,16)17/h3-5,8,10H,6-7,9H2,1-2H3. The molecule has 1 fully saturated rings. The van der Waals surface area contributed by atoms with Gasteiger partial charge in [0.15, 0.2) is 9.84 Å². The van der Waals surface area contributed by atoms with Gasteiger partial charge in [0.05, 0.1) is 21.3 Å². The maximum absolute atomic E-state index is 12.7. The zero-order chi connectivity index (χ0) is 15.9. The van der Waals surface area contributed by atoms with Crippen LogP contribution < -0.4 is 0 Å². The van der Waals surface area contributed by atoms with E-state index in [0.29, 0.717) is 6.07 Å². The van der Waals surface area contributed by atoms with Crippen LogP contribution in [0, 0.1) is 0 Å². The quantitative estimate of drug-likeness (QED) is 0.838. The van der Waals surface area contributed by atoms with E-state index in [1.54, 1.807) is 13.8 Å². The summed E-state index contributed by atoms with van der Waals surface area (Å²) in [5.41, 5.74) is -0.952. The maximum Gasteiger partial charge on any atom is 0.416 e. The Morgan fingerprint density at radius 1 is 1.33 bits per heavy atom. The highest BCUT2D eigenvalue weighted by molar-refractivity contribution is 7.92. The van der Waals surface area contributed by atoms with Crippen LogP contribution in [0.5, 0.6) is 0 Å². The van der Waals surface area contributed by atoms with Crippen LogP contribution in [0.1, 0.15) is 32.3 Å². The summed E-state index contributed by atoms with van der Waals surface area (Å²) in [6.45, 7) is 3.62. The monoisotopic (exact) mass is 322 g/mol. The molecule has 2 rings (SSSR count). The fourth-order valence-corrected chi connectivity index (χ4v) is 4.53. The zero-order valence-corrected chi connectivity index (χ0v) is 12.6. The molecule has 1 aromatic carbocycles. The van der Waals surface area contributed by atoms with Crippen molar-refractivity contribution >= 4 is 9.84 Å². The molecule has 0 aliphatic carbocycles. The van der Waals surface area contributed by atoms with Crippen LogP contribution in [0.25, 0.3) is 0 Å². The fraction of sp³-hybridized carbons (Fsp3) is 0.571. The molecule has 118 valence electrons. The van der Waals surface area contributed by atoms with Gasteiger partial charge in [-0.1, -0.05) is 6.07 Å². The second-order valence-electron chi connectivity index (χ2n) is 5.61. The molecule has 1 aromatic rings. The highest BCUT2D eigenvalue weighted by Gasteiger charge is 2.44. The molecule has 0 radical (unpaired) electrons. The second kappa shape index (κ2) is 5.28. The molecule has 2 atom stereocenters. The molecule has 0 aromatic heterocycles. The van der Waals surface area contributed by atoms with Crippen molar-refractivity contribution in [1.29, 1.82) is 0 Å². The van der Waals surface area contributed by atoms with Crippen LogP contribution in [0.4, 0.5) is 13.2 Å². The van der Waals surface area contributed by atoms with Crippen molar-refractivity contribution in [2.45, 2.75) is 48.6 Å². The van der Waals surface area contributed by atoms with Gasteiger partial charge in [0, 0.05) is 6.61 Å². The lowest BCUT2D eigenvalue weighted by atomic mass is 9.97. The molecule has 1 saturated heterocycles. The predicted molar refractivity (Wildman–Crippen MR) is 71.7 cm³/mol. The molecule has 0 N–H and O–H groups in total. The summed E-state index contributed by atoms with van der Waals surface area (Å²) < 4.78 is 67.9. The van der Waals surface area contributed by atoms with Crippen LogP contribution in [-0.2, 0) is 20.8 Å². The molecule has 0 amide bonds. The molecular weight excluding hydrogens is 305 g/mol. The Morgan fingerprint density at radius 3 is 2.57 bits per heavy atom. The Labute approximate surface area is 122 Å². The summed E-state index contributed by atoms with van der Waals surface area (Å²) in [5, 5.41) is 0. The highest BCUT2D eigenvalue weighted by Crippen LogP contribution is 2.38. The van der Waals surface area contributed by atoms with Gasteiger partial charge in [-0.05, 0) is 44.9 Å². The maximum atomic E-state index is 12.7. The van der Waals surface area contributed by atoms with Crippen LogP contribution in [-0.4, -0.2) is 25.9 Å². The smallest absolute Gasteiger partial charge is 0.378 e. The van der Waals surface area contributed by atoms with E-state index in [0.717, 1.165) is 12.1 Å². The van der Waals surface area contributed by atoms with Gasteiger partial charge in [-0.25, -0.2) is 8.42 Å².